The number of allylic oxidation sites excluding steroid dienone is 2. The normalized spacial score (nSPS) is 23.1. The smallest absolute Gasteiger partial charge is 0.120 e. The molecule has 0 spiro atoms. The highest BCUT2D eigenvalue weighted by Gasteiger charge is 2.26. The number of alkyl halides is 2. The van der Waals surface area contributed by atoms with Gasteiger partial charge < -0.3 is 9.90 Å². The van der Waals surface area contributed by atoms with Crippen LogP contribution in [0.25, 0.3) is 0 Å². The molecule has 0 aromatic rings. The van der Waals surface area contributed by atoms with Crippen molar-refractivity contribution < 1.29 is 9.90 Å². The molecule has 0 bridgehead atoms. The van der Waals surface area contributed by atoms with E-state index in [1.807, 2.05) is 6.92 Å². The summed E-state index contributed by atoms with van der Waals surface area (Å²) < 4.78 is 0. The average Bonchev–Trinajstić information content (AvgIpc) is 2.48. The SMILES string of the molecule is C=C(C)[C@@H]1CC[C@@H](C)C[C@H]1O.CC(C)=CCC[C@@H](C)CC=O.ClCCl. The van der Waals surface area contributed by atoms with E-state index in [1.165, 1.54) is 12.0 Å². The van der Waals surface area contributed by atoms with Crippen LogP contribution in [0.15, 0.2) is 23.8 Å². The lowest BCUT2D eigenvalue weighted by Gasteiger charge is -2.31. The second-order valence-electron chi connectivity index (χ2n) is 7.41. The molecule has 1 aliphatic carbocycles. The van der Waals surface area contributed by atoms with Gasteiger partial charge in [-0.25, -0.2) is 0 Å². The molecule has 0 radical (unpaired) electrons. The summed E-state index contributed by atoms with van der Waals surface area (Å²) in [6.45, 7) is 14.4. The maximum absolute atomic E-state index is 10.1. The highest BCUT2D eigenvalue weighted by Crippen LogP contribution is 2.32. The molecule has 1 fully saturated rings. The average molecular weight is 393 g/mol. The van der Waals surface area contributed by atoms with Gasteiger partial charge in [0.05, 0.1) is 11.4 Å². The van der Waals surface area contributed by atoms with E-state index in [1.54, 1.807) is 0 Å². The molecule has 4 heteroatoms. The van der Waals surface area contributed by atoms with Crippen molar-refractivity contribution in [2.75, 3.05) is 5.34 Å². The van der Waals surface area contributed by atoms with Crippen LogP contribution in [0, 0.1) is 17.8 Å². The number of carbonyl (C=O) groups is 1. The zero-order chi connectivity index (χ0) is 19.8. The van der Waals surface area contributed by atoms with E-state index in [0.717, 1.165) is 37.5 Å². The third-order valence-corrected chi connectivity index (χ3v) is 4.42. The molecule has 2 nitrogen and oxygen atoms in total. The fourth-order valence-corrected chi connectivity index (χ4v) is 2.86. The van der Waals surface area contributed by atoms with Crippen molar-refractivity contribution in [1.82, 2.24) is 0 Å². The Morgan fingerprint density at radius 3 is 2.24 bits per heavy atom. The van der Waals surface area contributed by atoms with E-state index in [2.05, 4.69) is 40.3 Å². The topological polar surface area (TPSA) is 37.3 Å². The summed E-state index contributed by atoms with van der Waals surface area (Å²) in [7, 11) is 0. The second-order valence-corrected chi connectivity index (χ2v) is 8.21. The van der Waals surface area contributed by atoms with Gasteiger partial charge in [0.15, 0.2) is 0 Å². The summed E-state index contributed by atoms with van der Waals surface area (Å²) in [5.41, 5.74) is 2.51. The Morgan fingerprint density at radius 1 is 1.28 bits per heavy atom. The van der Waals surface area contributed by atoms with Gasteiger partial charge in [0, 0.05) is 12.3 Å². The predicted octanol–water partition coefficient (Wildman–Crippen LogP) is 6.74. The zero-order valence-electron chi connectivity index (χ0n) is 16.7. The summed E-state index contributed by atoms with van der Waals surface area (Å²) in [6, 6.07) is 0. The fraction of sp³-hybridized carbons (Fsp3) is 0.762. The largest absolute Gasteiger partial charge is 0.392 e. The maximum atomic E-state index is 10.1. The Hall–Kier alpha value is -0.310. The predicted molar refractivity (Wildman–Crippen MR) is 112 cm³/mol. The molecule has 0 aliphatic heterocycles. The molecular formula is C21H38Cl2O2. The van der Waals surface area contributed by atoms with E-state index in [9.17, 15) is 9.90 Å². The number of aldehydes is 1. The number of rotatable bonds is 6. The van der Waals surface area contributed by atoms with Crippen molar-refractivity contribution in [1.29, 1.82) is 0 Å². The lowest BCUT2D eigenvalue weighted by Crippen LogP contribution is -2.28. The summed E-state index contributed by atoms with van der Waals surface area (Å²) >= 11 is 9.53. The van der Waals surface area contributed by atoms with Gasteiger partial charge in [0.2, 0.25) is 0 Å². The molecule has 0 heterocycles. The number of carbonyl (C=O) groups excluding carboxylic acids is 1. The first kappa shape index (κ1) is 26.9. The molecule has 0 saturated heterocycles. The van der Waals surface area contributed by atoms with Crippen LogP contribution in [0.2, 0.25) is 0 Å². The molecule has 1 rings (SSSR count). The van der Waals surface area contributed by atoms with Crippen molar-refractivity contribution in [3.63, 3.8) is 0 Å². The highest BCUT2D eigenvalue weighted by atomic mass is 35.5. The van der Waals surface area contributed by atoms with E-state index in [0.29, 0.717) is 24.2 Å². The molecule has 0 aromatic heterocycles. The second kappa shape index (κ2) is 17.1. The Bertz CT molecular complexity index is 376. The van der Waals surface area contributed by atoms with Crippen LogP contribution in [-0.4, -0.2) is 22.8 Å². The van der Waals surface area contributed by atoms with E-state index < -0.39 is 0 Å². The summed E-state index contributed by atoms with van der Waals surface area (Å²) in [5.74, 6) is 1.61. The van der Waals surface area contributed by atoms with Crippen molar-refractivity contribution in [2.45, 2.75) is 79.2 Å². The van der Waals surface area contributed by atoms with Crippen molar-refractivity contribution in [2.24, 2.45) is 17.8 Å². The monoisotopic (exact) mass is 392 g/mol. The minimum atomic E-state index is -0.128. The van der Waals surface area contributed by atoms with Gasteiger partial charge in [-0.1, -0.05) is 37.6 Å². The van der Waals surface area contributed by atoms with Crippen molar-refractivity contribution >= 4 is 29.5 Å². The van der Waals surface area contributed by atoms with Gasteiger partial charge >= 0.3 is 0 Å². The summed E-state index contributed by atoms with van der Waals surface area (Å²) in [4.78, 5) is 10.1. The van der Waals surface area contributed by atoms with E-state index in [4.69, 9.17) is 23.2 Å². The Morgan fingerprint density at radius 2 is 1.84 bits per heavy atom. The lowest BCUT2D eigenvalue weighted by atomic mass is 9.78. The molecule has 0 unspecified atom stereocenters. The Kier molecular flexibility index (Phi) is 18.4. The lowest BCUT2D eigenvalue weighted by molar-refractivity contribution is -0.108. The number of aliphatic hydroxyl groups is 1. The molecule has 148 valence electrons. The number of hydrogen-bond acceptors (Lipinski definition) is 2. The van der Waals surface area contributed by atoms with Crippen molar-refractivity contribution in [3.8, 4) is 0 Å². The van der Waals surface area contributed by atoms with Crippen molar-refractivity contribution in [3.05, 3.63) is 23.8 Å². The molecule has 0 aromatic carbocycles. The zero-order valence-corrected chi connectivity index (χ0v) is 18.2. The number of halogens is 2. The van der Waals surface area contributed by atoms with Gasteiger partial charge in [-0.3, -0.25) is 0 Å². The minimum Gasteiger partial charge on any atom is -0.392 e. The van der Waals surface area contributed by atoms with Crippen LogP contribution >= 0.6 is 23.2 Å². The van der Waals surface area contributed by atoms with E-state index >= 15 is 0 Å². The Labute approximate surface area is 165 Å². The van der Waals surface area contributed by atoms with Crippen LogP contribution in [0.4, 0.5) is 0 Å². The molecule has 4 atom stereocenters. The molecular weight excluding hydrogens is 355 g/mol. The first-order valence-corrected chi connectivity index (χ1v) is 10.3. The van der Waals surface area contributed by atoms with Gasteiger partial charge in [-0.2, -0.15) is 0 Å². The van der Waals surface area contributed by atoms with Crippen LogP contribution in [-0.2, 0) is 4.79 Å². The first-order chi connectivity index (χ1) is 11.7. The molecule has 0 amide bonds. The quantitative estimate of drug-likeness (QED) is 0.308. The minimum absolute atomic E-state index is 0.128. The molecule has 1 saturated carbocycles. The Balaban J connectivity index is 0. The van der Waals surface area contributed by atoms with Crippen LogP contribution in [0.5, 0.6) is 0 Å². The fourth-order valence-electron chi connectivity index (χ4n) is 2.86. The van der Waals surface area contributed by atoms with Crippen LogP contribution in [0.3, 0.4) is 0 Å². The summed E-state index contributed by atoms with van der Waals surface area (Å²) in [5, 5.41) is 9.84. The number of aliphatic hydroxyl groups excluding tert-OH is 1. The van der Waals surface area contributed by atoms with Gasteiger partial charge in [0.25, 0.3) is 0 Å². The van der Waals surface area contributed by atoms with E-state index in [-0.39, 0.29) is 11.4 Å². The third kappa shape index (κ3) is 16.9. The maximum Gasteiger partial charge on any atom is 0.120 e. The van der Waals surface area contributed by atoms with Crippen LogP contribution in [0.1, 0.15) is 73.1 Å². The van der Waals surface area contributed by atoms with Gasteiger partial charge in [-0.05, 0) is 64.7 Å². The standard InChI is InChI=1S/2C10H18O.CH2Cl2/c1-7(2)9-5-4-8(3)6-10(9)11;1-9(2)5-4-6-10(3)7-8-11;2-1-3/h8-11H,1,4-6H2,2-3H3;5,8,10H,4,6-7H2,1-3H3;1H2/t8-,9+,10-;10-;/m11./s1. The molecule has 1 N–H and O–H groups in total. The van der Waals surface area contributed by atoms with Crippen LogP contribution < -0.4 is 0 Å². The number of hydrogen-bond donors (Lipinski definition) is 1. The molecule has 1 aliphatic rings. The first-order valence-electron chi connectivity index (χ1n) is 9.21. The van der Waals surface area contributed by atoms with Gasteiger partial charge in [-0.15, -0.1) is 23.2 Å². The highest BCUT2D eigenvalue weighted by molar-refractivity contribution is 6.40. The third-order valence-electron chi connectivity index (χ3n) is 4.42. The summed E-state index contributed by atoms with van der Waals surface area (Å²) in [6.07, 6.45) is 9.37. The molecule has 25 heavy (non-hydrogen) atoms. The van der Waals surface area contributed by atoms with Gasteiger partial charge in [0.1, 0.15) is 6.29 Å².